The predicted molar refractivity (Wildman–Crippen MR) is 129 cm³/mol. The number of fused-ring (bicyclic) bond motifs is 1. The van der Waals surface area contributed by atoms with Crippen molar-refractivity contribution < 1.29 is 4.39 Å². The van der Waals surface area contributed by atoms with Gasteiger partial charge in [0.15, 0.2) is 0 Å². The fourth-order valence-electron chi connectivity index (χ4n) is 4.32. The van der Waals surface area contributed by atoms with Crippen molar-refractivity contribution in [2.45, 2.75) is 25.4 Å². The van der Waals surface area contributed by atoms with Crippen molar-refractivity contribution in [3.05, 3.63) is 78.4 Å². The molecule has 1 aliphatic rings. The number of rotatable bonds is 8. The number of hydrogen-bond acceptors (Lipinski definition) is 6. The molecule has 1 fully saturated rings. The summed E-state index contributed by atoms with van der Waals surface area (Å²) in [5.74, 6) is 1.34. The first kappa shape index (κ1) is 21.3. The van der Waals surface area contributed by atoms with Gasteiger partial charge in [0.25, 0.3) is 0 Å². The highest BCUT2D eigenvalue weighted by molar-refractivity contribution is 5.78. The molecule has 0 atom stereocenters. The number of para-hydroxylation sites is 2. The van der Waals surface area contributed by atoms with Gasteiger partial charge in [0.1, 0.15) is 5.82 Å². The summed E-state index contributed by atoms with van der Waals surface area (Å²) in [5, 5.41) is 6.96. The highest BCUT2D eigenvalue weighted by Crippen LogP contribution is 2.24. The van der Waals surface area contributed by atoms with Crippen LogP contribution in [-0.4, -0.2) is 56.6 Å². The number of aromatic nitrogens is 4. The lowest BCUT2D eigenvalue weighted by molar-refractivity contribution is 0.226. The minimum Gasteiger partial charge on any atom is -0.353 e. The lowest BCUT2D eigenvalue weighted by Crippen LogP contribution is -2.41. The summed E-state index contributed by atoms with van der Waals surface area (Å²) in [6.45, 7) is 4.51. The number of anilines is 2. The molecule has 33 heavy (non-hydrogen) atoms. The molecule has 0 saturated carbocycles. The molecule has 0 spiro atoms. The average molecular weight is 446 g/mol. The molecule has 170 valence electrons. The van der Waals surface area contributed by atoms with Crippen LogP contribution in [0, 0.1) is 5.82 Å². The van der Waals surface area contributed by atoms with E-state index in [9.17, 15) is 4.39 Å². The van der Waals surface area contributed by atoms with Crippen LogP contribution in [0.3, 0.4) is 0 Å². The van der Waals surface area contributed by atoms with Crippen LogP contribution in [0.15, 0.2) is 67.0 Å². The minimum absolute atomic E-state index is 0.217. The van der Waals surface area contributed by atoms with Crippen LogP contribution in [0.25, 0.3) is 11.0 Å². The van der Waals surface area contributed by atoms with Gasteiger partial charge in [-0.25, -0.2) is 19.3 Å². The Morgan fingerprint density at radius 3 is 2.48 bits per heavy atom. The highest BCUT2D eigenvalue weighted by Gasteiger charge is 2.21. The number of hydrogen-bond donors (Lipinski definition) is 2. The Kier molecular flexibility index (Phi) is 6.44. The molecule has 0 amide bonds. The van der Waals surface area contributed by atoms with Crippen molar-refractivity contribution in [3.8, 4) is 0 Å². The summed E-state index contributed by atoms with van der Waals surface area (Å²) < 4.78 is 15.6. The second kappa shape index (κ2) is 9.95. The van der Waals surface area contributed by atoms with E-state index in [1.54, 1.807) is 12.4 Å². The minimum atomic E-state index is -0.217. The molecule has 1 saturated heterocycles. The average Bonchev–Trinajstić information content (AvgIpc) is 3.19. The van der Waals surface area contributed by atoms with Crippen LogP contribution in [0.2, 0.25) is 0 Å². The fourth-order valence-corrected chi connectivity index (χ4v) is 4.32. The third-order valence-electron chi connectivity index (χ3n) is 6.11. The zero-order valence-electron chi connectivity index (χ0n) is 18.5. The Morgan fingerprint density at radius 2 is 1.70 bits per heavy atom. The van der Waals surface area contributed by atoms with Crippen LogP contribution in [0.4, 0.5) is 16.3 Å². The van der Waals surface area contributed by atoms with E-state index in [1.807, 2.05) is 36.4 Å². The monoisotopic (exact) mass is 445 g/mol. The molecular formula is C25H28FN7. The second-order valence-electron chi connectivity index (χ2n) is 8.40. The molecule has 0 unspecified atom stereocenters. The maximum atomic E-state index is 13.4. The van der Waals surface area contributed by atoms with Crippen molar-refractivity contribution in [1.29, 1.82) is 0 Å². The maximum Gasteiger partial charge on any atom is 0.222 e. The van der Waals surface area contributed by atoms with E-state index in [-0.39, 0.29) is 5.82 Å². The molecule has 1 aliphatic heterocycles. The zero-order valence-corrected chi connectivity index (χ0v) is 18.5. The van der Waals surface area contributed by atoms with Gasteiger partial charge in [0.05, 0.1) is 17.6 Å². The third-order valence-corrected chi connectivity index (χ3v) is 6.11. The predicted octanol–water partition coefficient (Wildman–Crippen LogP) is 4.00. The van der Waals surface area contributed by atoms with Gasteiger partial charge in [0.2, 0.25) is 11.9 Å². The number of halogens is 1. The number of imidazole rings is 1. The van der Waals surface area contributed by atoms with Crippen molar-refractivity contribution in [3.63, 3.8) is 0 Å². The number of nitrogens with one attached hydrogen (secondary N) is 2. The first-order chi connectivity index (χ1) is 16.2. The van der Waals surface area contributed by atoms with Crippen molar-refractivity contribution in [1.82, 2.24) is 24.4 Å². The van der Waals surface area contributed by atoms with Gasteiger partial charge in [-0.1, -0.05) is 24.3 Å². The van der Waals surface area contributed by atoms with Crippen LogP contribution in [0.1, 0.15) is 18.4 Å². The van der Waals surface area contributed by atoms with Gasteiger partial charge in [-0.15, -0.1) is 0 Å². The number of nitrogens with zero attached hydrogens (tertiary/aromatic N) is 5. The molecule has 4 aromatic rings. The van der Waals surface area contributed by atoms with Crippen molar-refractivity contribution >= 4 is 22.9 Å². The molecule has 5 rings (SSSR count). The smallest absolute Gasteiger partial charge is 0.222 e. The van der Waals surface area contributed by atoms with Gasteiger partial charge in [-0.2, -0.15) is 0 Å². The Labute approximate surface area is 192 Å². The third kappa shape index (κ3) is 5.28. The van der Waals surface area contributed by atoms with E-state index in [0.29, 0.717) is 18.5 Å². The molecule has 0 radical (unpaired) electrons. The Bertz CT molecular complexity index is 1170. The Hall–Kier alpha value is -3.52. The van der Waals surface area contributed by atoms with E-state index in [2.05, 4.69) is 36.1 Å². The fraction of sp³-hybridized carbons (Fsp3) is 0.320. The van der Waals surface area contributed by atoms with Crippen LogP contribution in [0.5, 0.6) is 0 Å². The topological polar surface area (TPSA) is 70.9 Å². The van der Waals surface area contributed by atoms with Crippen LogP contribution in [-0.2, 0) is 6.54 Å². The van der Waals surface area contributed by atoms with Crippen molar-refractivity contribution in [2.75, 3.05) is 36.8 Å². The summed E-state index contributed by atoms with van der Waals surface area (Å²) in [6.07, 6.45) is 5.61. The standard InChI is InChI=1S/C25H28FN7/c26-20-8-6-19(7-9-20)18-33-23-5-2-1-4-22(23)31-25(33)30-21-10-15-32(16-11-21)17-14-29-24-27-12-3-13-28-24/h1-9,12-13,21H,10-11,14-18H2,(H,30,31)(H,27,28,29). The maximum absolute atomic E-state index is 13.4. The molecule has 2 aromatic carbocycles. The van der Waals surface area contributed by atoms with E-state index < -0.39 is 0 Å². The lowest BCUT2D eigenvalue weighted by atomic mass is 10.1. The van der Waals surface area contributed by atoms with Crippen molar-refractivity contribution in [2.24, 2.45) is 0 Å². The van der Waals surface area contributed by atoms with Crippen LogP contribution >= 0.6 is 0 Å². The van der Waals surface area contributed by atoms with Gasteiger partial charge in [0, 0.05) is 44.6 Å². The number of likely N-dealkylation sites (tertiary alicyclic amines) is 1. The van der Waals surface area contributed by atoms with Gasteiger partial charge >= 0.3 is 0 Å². The summed E-state index contributed by atoms with van der Waals surface area (Å²) in [4.78, 5) is 15.7. The van der Waals surface area contributed by atoms with E-state index in [4.69, 9.17) is 4.98 Å². The molecule has 7 nitrogen and oxygen atoms in total. The Morgan fingerprint density at radius 1 is 0.939 bits per heavy atom. The van der Waals surface area contributed by atoms with Crippen LogP contribution < -0.4 is 10.6 Å². The van der Waals surface area contributed by atoms with Gasteiger partial charge in [-0.3, -0.25) is 0 Å². The normalized spacial score (nSPS) is 15.1. The summed E-state index contributed by atoms with van der Waals surface area (Å²) in [6, 6.07) is 17.0. The molecular weight excluding hydrogens is 417 g/mol. The second-order valence-corrected chi connectivity index (χ2v) is 8.40. The molecule has 3 heterocycles. The van der Waals surface area contributed by atoms with E-state index in [0.717, 1.165) is 61.6 Å². The number of benzene rings is 2. The molecule has 0 aliphatic carbocycles. The number of piperidine rings is 1. The molecule has 2 aromatic heterocycles. The largest absolute Gasteiger partial charge is 0.353 e. The van der Waals surface area contributed by atoms with Gasteiger partial charge in [-0.05, 0) is 48.7 Å². The molecule has 2 N–H and O–H groups in total. The summed E-state index contributed by atoms with van der Waals surface area (Å²) >= 11 is 0. The lowest BCUT2D eigenvalue weighted by Gasteiger charge is -2.32. The SMILES string of the molecule is Fc1ccc(Cn2c(NC3CCN(CCNc4ncccn4)CC3)nc3ccccc32)cc1. The first-order valence-electron chi connectivity index (χ1n) is 11.4. The van der Waals surface area contributed by atoms with E-state index in [1.165, 1.54) is 12.1 Å². The summed E-state index contributed by atoms with van der Waals surface area (Å²) in [5.41, 5.74) is 3.09. The Balaban J connectivity index is 1.20. The molecule has 8 heteroatoms. The van der Waals surface area contributed by atoms with Gasteiger partial charge < -0.3 is 20.1 Å². The highest BCUT2D eigenvalue weighted by atomic mass is 19.1. The quantitative estimate of drug-likeness (QED) is 0.427. The summed E-state index contributed by atoms with van der Waals surface area (Å²) in [7, 11) is 0. The zero-order chi connectivity index (χ0) is 22.5. The first-order valence-corrected chi connectivity index (χ1v) is 11.4. The van der Waals surface area contributed by atoms with E-state index >= 15 is 0 Å². The molecule has 0 bridgehead atoms.